The van der Waals surface area contributed by atoms with E-state index in [-0.39, 0.29) is 101 Å². The Hall–Kier alpha value is -13.4. The number of phenolic OH excluding ortho intramolecular Hbond substituents is 2. The minimum Gasteiger partial charge on any atom is -0.508 e. The van der Waals surface area contributed by atoms with Gasteiger partial charge in [-0.25, -0.2) is 13.2 Å². The second kappa shape index (κ2) is 48.9. The van der Waals surface area contributed by atoms with Gasteiger partial charge in [-0.15, -0.1) is 11.8 Å². The van der Waals surface area contributed by atoms with E-state index in [9.17, 15) is 29.0 Å². The van der Waals surface area contributed by atoms with Gasteiger partial charge in [0.15, 0.2) is 17.5 Å². The Morgan fingerprint density at radius 1 is 0.467 bits per heavy atom. The number of piperidine rings is 2. The first kappa shape index (κ1) is 104. The highest BCUT2D eigenvalue weighted by Crippen LogP contribution is 2.31. The summed E-state index contributed by atoms with van der Waals surface area (Å²) in [7, 11) is 4.03. The predicted molar refractivity (Wildman–Crippen MR) is 506 cm³/mol. The fourth-order valence-corrected chi connectivity index (χ4v) is 19.0. The molecule has 0 unspecified atom stereocenters. The number of amides is 15. The van der Waals surface area contributed by atoms with Crippen molar-refractivity contribution in [2.45, 2.75) is 229 Å². The number of hydrogen-bond acceptors (Lipinski definition) is 18. The molecule has 15 amide bonds. The Balaban J connectivity index is 0.991. The first-order valence-corrected chi connectivity index (χ1v) is 47.9. The van der Waals surface area contributed by atoms with Crippen molar-refractivity contribution in [3.8, 4) is 11.5 Å². The number of rotatable bonds is 21. The highest BCUT2D eigenvalue weighted by molar-refractivity contribution is 8.00. The summed E-state index contributed by atoms with van der Waals surface area (Å²) in [5, 5.41) is 43.6. The van der Waals surface area contributed by atoms with Crippen LogP contribution in [0.5, 0.6) is 11.5 Å². The van der Waals surface area contributed by atoms with Crippen LogP contribution in [0.15, 0.2) is 152 Å². The molecule has 4 saturated heterocycles. The molecule has 0 spiro atoms. The fraction of sp³-hybridized carbons (Fsp3) is 0.470. The first-order valence-electron chi connectivity index (χ1n) is 46.8. The number of nitrogens with two attached hydrogens (primary N) is 1. The van der Waals surface area contributed by atoms with E-state index in [1.54, 1.807) is 131 Å². The molecule has 734 valence electrons. The van der Waals surface area contributed by atoms with Gasteiger partial charge in [0.05, 0.1) is 12.3 Å². The van der Waals surface area contributed by atoms with Gasteiger partial charge in [0.2, 0.25) is 88.6 Å². The van der Waals surface area contributed by atoms with Gasteiger partial charge in [-0.3, -0.25) is 71.9 Å². The number of nitrogens with one attached hydrogen (secondary N) is 9. The Bertz CT molecular complexity index is 5440. The number of benzene rings is 6. The zero-order chi connectivity index (χ0) is 99.0. The lowest BCUT2D eigenvalue weighted by Crippen LogP contribution is -2.63. The third-order valence-electron chi connectivity index (χ3n) is 25.7. The molecular weight excluding hydrogens is 1790 g/mol. The molecule has 4 aliphatic rings. The third kappa shape index (κ3) is 27.7. The van der Waals surface area contributed by atoms with Gasteiger partial charge >= 0.3 is 0 Å². The first-order chi connectivity index (χ1) is 65.5. The van der Waals surface area contributed by atoms with Gasteiger partial charge in [0.1, 0.15) is 90.0 Å². The zero-order valence-corrected chi connectivity index (χ0v) is 79.2. The van der Waals surface area contributed by atoms with Gasteiger partial charge in [-0.05, 0) is 152 Å². The summed E-state index contributed by atoms with van der Waals surface area (Å²) in [4.78, 5) is 239. The van der Waals surface area contributed by atoms with Crippen molar-refractivity contribution in [3.63, 3.8) is 0 Å². The molecule has 7 aromatic rings. The fourth-order valence-electron chi connectivity index (χ4n) is 18.2. The van der Waals surface area contributed by atoms with Gasteiger partial charge in [-0.2, -0.15) is 0 Å². The Morgan fingerprint density at radius 2 is 0.942 bits per heavy atom. The van der Waals surface area contributed by atoms with E-state index in [1.165, 1.54) is 82.0 Å². The summed E-state index contributed by atoms with van der Waals surface area (Å²) in [6.45, 7) is 8.04. The van der Waals surface area contributed by atoms with E-state index in [0.717, 1.165) is 4.90 Å². The second-order valence-electron chi connectivity index (χ2n) is 36.6. The van der Waals surface area contributed by atoms with Crippen LogP contribution in [-0.2, 0) is 110 Å². The number of fused-ring (bicyclic) bond motifs is 4. The summed E-state index contributed by atoms with van der Waals surface area (Å²) < 4.78 is 45.3. The van der Waals surface area contributed by atoms with Crippen molar-refractivity contribution in [2.24, 2.45) is 17.6 Å². The number of unbranched alkanes of at least 4 members (excludes halogenated alkanes) is 1. The lowest BCUT2D eigenvalue weighted by molar-refractivity contribution is -0.155. The summed E-state index contributed by atoms with van der Waals surface area (Å²) in [5.41, 5.74) is 8.28. The number of primary amides is 1. The minimum absolute atomic E-state index is 0.0380. The van der Waals surface area contributed by atoms with E-state index in [0.29, 0.717) is 108 Å². The summed E-state index contributed by atoms with van der Waals surface area (Å²) in [6.07, 6.45) is 2.92. The van der Waals surface area contributed by atoms with Crippen LogP contribution in [0.3, 0.4) is 0 Å². The maximum Gasteiger partial charge on any atom is 0.246 e. The Kier molecular flexibility index (Phi) is 37.2. The number of aromatic nitrogens is 1. The van der Waals surface area contributed by atoms with Gasteiger partial charge < -0.3 is 92.9 Å². The summed E-state index contributed by atoms with van der Waals surface area (Å²) in [6, 6.07) is 18.1. The molecule has 13 N–H and O–H groups in total. The van der Waals surface area contributed by atoms with E-state index >= 15 is 66.3 Å². The molecule has 33 nitrogen and oxygen atoms in total. The van der Waals surface area contributed by atoms with Crippen molar-refractivity contribution in [3.05, 3.63) is 203 Å². The monoisotopic (exact) mass is 1910 g/mol. The number of hydrogen-bond donors (Lipinski definition) is 12. The number of halogens is 3. The van der Waals surface area contributed by atoms with Crippen LogP contribution in [0.1, 0.15) is 145 Å². The molecule has 0 aliphatic carbocycles. The number of aromatic amines is 1. The smallest absolute Gasteiger partial charge is 0.246 e. The van der Waals surface area contributed by atoms with Crippen molar-refractivity contribution in [1.82, 2.24) is 76.9 Å². The van der Waals surface area contributed by atoms with Crippen molar-refractivity contribution in [2.75, 3.05) is 58.8 Å². The van der Waals surface area contributed by atoms with Crippen LogP contribution in [0.4, 0.5) is 13.2 Å². The number of H-pyrrole nitrogens is 1. The van der Waals surface area contributed by atoms with E-state index in [2.05, 4.69) is 47.5 Å². The molecule has 13 atom stereocenters. The molecule has 4 fully saturated rings. The van der Waals surface area contributed by atoms with E-state index < -0.39 is 221 Å². The van der Waals surface area contributed by atoms with Crippen molar-refractivity contribution >= 4 is 111 Å². The van der Waals surface area contributed by atoms with Gasteiger partial charge in [-0.1, -0.05) is 151 Å². The molecule has 6 aromatic carbocycles. The molecule has 37 heteroatoms. The largest absolute Gasteiger partial charge is 0.508 e. The molecule has 0 radical (unpaired) electrons. The molecule has 0 saturated carbocycles. The molecule has 137 heavy (non-hydrogen) atoms. The number of carbonyl (C=O) groups excluding carboxylic acids is 15. The number of carbonyl (C=O) groups is 15. The molecule has 4 aliphatic heterocycles. The molecular formula is C100H125F3N16O17S. The number of phenols is 2. The average molecular weight is 1910 g/mol. The average Bonchev–Trinajstić information content (AvgIpc) is 0.831. The maximum atomic E-state index is 16.0. The minimum atomic E-state index is -1.84. The molecule has 0 bridgehead atoms. The van der Waals surface area contributed by atoms with Gasteiger partial charge in [0, 0.05) is 102 Å². The van der Waals surface area contributed by atoms with Crippen molar-refractivity contribution < 1.29 is 95.3 Å². The second-order valence-corrected chi connectivity index (χ2v) is 37.6. The lowest BCUT2D eigenvalue weighted by atomic mass is 9.95. The van der Waals surface area contributed by atoms with E-state index in [1.807, 2.05) is 6.92 Å². The Labute approximate surface area is 798 Å². The van der Waals surface area contributed by atoms with Crippen LogP contribution >= 0.6 is 11.8 Å². The molecule has 1 aromatic heterocycles. The van der Waals surface area contributed by atoms with Crippen LogP contribution in [0.2, 0.25) is 0 Å². The molecule has 11 rings (SSSR count). The van der Waals surface area contributed by atoms with Crippen LogP contribution in [0.25, 0.3) is 10.9 Å². The van der Waals surface area contributed by atoms with Crippen LogP contribution < -0.4 is 48.3 Å². The van der Waals surface area contributed by atoms with E-state index in [4.69, 9.17) is 5.73 Å². The highest BCUT2D eigenvalue weighted by Gasteiger charge is 2.48. The normalized spacial score (nSPS) is 23.9. The lowest BCUT2D eigenvalue weighted by Gasteiger charge is -2.40. The number of aromatic hydroxyl groups is 2. The standard InChI is InChI=1S/C100H125F3N16O17S/c1-9-10-30-80-98(134)119-44-23-33-81(119)99(135)118-43-22-20-32-79(118)93(129)113-87(59(4)5)100(136)115(7)82(51-60-24-13-11-14-25-60)94(130)111-76(49-63-36-40-67(121)41-37-63)96(132)117-42-21-19-31-78(117)92(128)110-74(53-65-54-105-71-29-18-17-28-68(65)71)91(127)109-73(48-62-34-38-66(120)39-35-62)90(126)108-72(45-58(2)3)89(125)112-77(88(124)106-55-84(104)122)56-137-57-85(123)107-75(50-64-46-69(101)86(103)70(102)47-64)95(131)116(8)83(97(133)114(80)6)52-61-26-15-12-16-27-61/h11-18,24-29,34-41,46-47,54,58-59,72-83,87,105,120-121H,9-10,19-23,30-33,42-45,48-53,55-57H2,1-8H3,(H2,104,122)(H,106,124)(H,107,123)(H,108,126)(H,109,127)(H,110,128)(H,111,130)(H,112,125)(H,113,129)/t72-,73-,74-,75-,76-,77+,78+,79-,80-,81+,82-,83+,87-/m0/s1. The zero-order valence-electron chi connectivity index (χ0n) is 78.4. The number of nitrogens with zero attached hydrogens (tertiary/aromatic N) is 6. The number of thioether (sulfide) groups is 1. The predicted octanol–water partition coefficient (Wildman–Crippen LogP) is 5.62. The summed E-state index contributed by atoms with van der Waals surface area (Å²) in [5.74, 6) is -20.3. The quantitative estimate of drug-likeness (QED) is 0.0388. The van der Waals surface area contributed by atoms with Crippen LogP contribution in [-0.4, -0.2) is 271 Å². The molecule has 5 heterocycles. The maximum absolute atomic E-state index is 16.0. The van der Waals surface area contributed by atoms with Crippen molar-refractivity contribution in [1.29, 1.82) is 0 Å². The topological polar surface area (TPSA) is 454 Å². The SMILES string of the molecule is CCCC[C@H]1C(=O)N2CCC[C@@H]2C(=O)N2CCCC[C@H]2C(=O)N[C@@H](C(C)C)C(=O)N(C)[C@@H](Cc2ccccc2)C(=O)N[C@@H](Cc2ccc(O)cc2)C(=O)N2CCCC[C@@H]2C(=O)N[C@@H](Cc2c[nH]c3ccccc23)C(=O)N[C@@H](Cc2ccc(O)cc2)C(=O)N[C@@H](CC(C)C)C(=O)N[C@@H](C(=O)NCC(N)=O)CSCC(=O)N[C@@H](Cc2cc(F)c(F)c(F)c2)C(=O)N(C)[C@H](Cc2ccccc2)C(=O)N1C. The Morgan fingerprint density at radius 3 is 1.53 bits per heavy atom. The highest BCUT2D eigenvalue weighted by atomic mass is 32.2. The van der Waals surface area contributed by atoms with Gasteiger partial charge in [0.25, 0.3) is 0 Å². The number of likely N-dealkylation sites (N-methyl/N-ethyl adjacent to an activating group) is 3. The number of para-hydroxylation sites is 1. The van der Waals surface area contributed by atoms with Crippen LogP contribution in [0, 0.1) is 29.3 Å². The summed E-state index contributed by atoms with van der Waals surface area (Å²) >= 11 is 0.707. The third-order valence-corrected chi connectivity index (χ3v) is 26.7.